The van der Waals surface area contributed by atoms with Crippen molar-refractivity contribution in [3.8, 4) is 0 Å². The molecule has 2 atom stereocenters. The van der Waals surface area contributed by atoms with Crippen molar-refractivity contribution in [3.63, 3.8) is 0 Å². The van der Waals surface area contributed by atoms with E-state index in [9.17, 15) is 0 Å². The summed E-state index contributed by atoms with van der Waals surface area (Å²) in [6.07, 6.45) is 2.94. The molecule has 0 spiro atoms. The van der Waals surface area contributed by atoms with Gasteiger partial charge in [-0.25, -0.2) is 4.98 Å². The molecule has 1 aromatic carbocycles. The summed E-state index contributed by atoms with van der Waals surface area (Å²) in [7, 11) is 0. The van der Waals surface area contributed by atoms with Crippen molar-refractivity contribution in [1.29, 1.82) is 0 Å². The molecule has 1 fully saturated rings. The van der Waals surface area contributed by atoms with Crippen LogP contribution in [0.5, 0.6) is 0 Å². The van der Waals surface area contributed by atoms with Crippen LogP contribution in [0.15, 0.2) is 28.7 Å². The number of nitrogens with two attached hydrogens (primary N) is 1. The van der Waals surface area contributed by atoms with E-state index in [1.807, 2.05) is 24.3 Å². The normalized spacial score (nSPS) is 22.1. The first-order valence-corrected chi connectivity index (χ1v) is 6.04. The van der Waals surface area contributed by atoms with Gasteiger partial charge in [-0.05, 0) is 25.0 Å². The molecule has 2 N–H and O–H groups in total. The van der Waals surface area contributed by atoms with Crippen molar-refractivity contribution in [2.45, 2.75) is 31.4 Å². The van der Waals surface area contributed by atoms with Gasteiger partial charge in [-0.2, -0.15) is 0 Å². The summed E-state index contributed by atoms with van der Waals surface area (Å²) in [4.78, 5) is 4.42. The number of aromatic nitrogens is 1. The molecule has 1 aliphatic rings. The third-order valence-electron chi connectivity index (χ3n) is 3.19. The summed E-state index contributed by atoms with van der Waals surface area (Å²) in [5, 5.41) is 0. The Morgan fingerprint density at radius 2 is 2.29 bits per heavy atom. The zero-order chi connectivity index (χ0) is 11.7. The van der Waals surface area contributed by atoms with Crippen molar-refractivity contribution in [3.05, 3.63) is 30.2 Å². The van der Waals surface area contributed by atoms with Crippen LogP contribution in [0, 0.1) is 0 Å². The molecule has 1 aromatic heterocycles. The number of benzene rings is 1. The number of oxazole rings is 1. The van der Waals surface area contributed by atoms with Gasteiger partial charge >= 0.3 is 0 Å². The molecule has 90 valence electrons. The van der Waals surface area contributed by atoms with Crippen LogP contribution in [0.4, 0.5) is 0 Å². The molecule has 4 nitrogen and oxygen atoms in total. The first-order chi connectivity index (χ1) is 8.33. The van der Waals surface area contributed by atoms with E-state index in [1.54, 1.807) is 0 Å². The van der Waals surface area contributed by atoms with Crippen molar-refractivity contribution in [2.75, 3.05) is 6.61 Å². The van der Waals surface area contributed by atoms with E-state index in [0.29, 0.717) is 12.3 Å². The lowest BCUT2D eigenvalue weighted by Crippen LogP contribution is -2.36. The standard InChI is InChI=1S/C13H16N2O2/c14-9(11-6-3-7-16-11)8-13-15-10-4-1-2-5-12(10)17-13/h1-2,4-5,9,11H,3,6-8,14H2. The van der Waals surface area contributed by atoms with E-state index in [-0.39, 0.29) is 12.1 Å². The maximum atomic E-state index is 6.11. The molecule has 1 saturated heterocycles. The molecule has 2 aromatic rings. The summed E-state index contributed by atoms with van der Waals surface area (Å²) in [5.41, 5.74) is 7.82. The lowest BCUT2D eigenvalue weighted by atomic mass is 10.1. The van der Waals surface area contributed by atoms with Crippen LogP contribution in [-0.4, -0.2) is 23.7 Å². The van der Waals surface area contributed by atoms with Crippen LogP contribution >= 0.6 is 0 Å². The maximum absolute atomic E-state index is 6.11. The van der Waals surface area contributed by atoms with Gasteiger partial charge in [-0.1, -0.05) is 12.1 Å². The highest BCUT2D eigenvalue weighted by atomic mass is 16.5. The molecule has 2 heterocycles. The molecule has 2 unspecified atom stereocenters. The van der Waals surface area contributed by atoms with Gasteiger partial charge in [0.1, 0.15) is 5.52 Å². The van der Waals surface area contributed by atoms with E-state index in [4.69, 9.17) is 14.9 Å². The van der Waals surface area contributed by atoms with Gasteiger partial charge in [0.2, 0.25) is 0 Å². The summed E-state index contributed by atoms with van der Waals surface area (Å²) in [6, 6.07) is 7.74. The molecule has 0 saturated carbocycles. The fraction of sp³-hybridized carbons (Fsp3) is 0.462. The minimum atomic E-state index is -0.0226. The van der Waals surface area contributed by atoms with Crippen LogP contribution < -0.4 is 5.73 Å². The number of ether oxygens (including phenoxy) is 1. The average molecular weight is 232 g/mol. The first-order valence-electron chi connectivity index (χ1n) is 6.04. The van der Waals surface area contributed by atoms with Gasteiger partial charge in [-0.3, -0.25) is 0 Å². The van der Waals surface area contributed by atoms with E-state index in [1.165, 1.54) is 0 Å². The predicted octanol–water partition coefficient (Wildman–Crippen LogP) is 1.88. The van der Waals surface area contributed by atoms with E-state index in [2.05, 4.69) is 4.98 Å². The van der Waals surface area contributed by atoms with Gasteiger partial charge in [0.25, 0.3) is 0 Å². The molecule has 0 amide bonds. The fourth-order valence-electron chi connectivity index (χ4n) is 2.28. The molecular formula is C13H16N2O2. The van der Waals surface area contributed by atoms with Gasteiger partial charge in [0.05, 0.1) is 6.10 Å². The Bertz CT molecular complexity index is 470. The van der Waals surface area contributed by atoms with Crippen molar-refractivity contribution < 1.29 is 9.15 Å². The Morgan fingerprint density at radius 3 is 3.06 bits per heavy atom. The van der Waals surface area contributed by atoms with Crippen molar-refractivity contribution >= 4 is 11.1 Å². The monoisotopic (exact) mass is 232 g/mol. The molecule has 17 heavy (non-hydrogen) atoms. The Morgan fingerprint density at radius 1 is 1.41 bits per heavy atom. The second-order valence-corrected chi connectivity index (χ2v) is 4.49. The smallest absolute Gasteiger partial charge is 0.197 e. The second kappa shape index (κ2) is 4.47. The fourth-order valence-corrected chi connectivity index (χ4v) is 2.28. The highest BCUT2D eigenvalue weighted by Crippen LogP contribution is 2.19. The lowest BCUT2D eigenvalue weighted by Gasteiger charge is -2.16. The minimum Gasteiger partial charge on any atom is -0.441 e. The van der Waals surface area contributed by atoms with Gasteiger partial charge in [0.15, 0.2) is 11.5 Å². The quantitative estimate of drug-likeness (QED) is 0.877. The van der Waals surface area contributed by atoms with Gasteiger partial charge in [-0.15, -0.1) is 0 Å². The topological polar surface area (TPSA) is 61.3 Å². The number of hydrogen-bond acceptors (Lipinski definition) is 4. The molecular weight excluding hydrogens is 216 g/mol. The minimum absolute atomic E-state index is 0.0226. The average Bonchev–Trinajstić information content (AvgIpc) is 2.97. The van der Waals surface area contributed by atoms with Crippen LogP contribution in [0.3, 0.4) is 0 Å². The SMILES string of the molecule is NC(Cc1nc2ccccc2o1)C1CCCO1. The van der Waals surface area contributed by atoms with Gasteiger partial charge < -0.3 is 14.9 Å². The molecule has 0 radical (unpaired) electrons. The Hall–Kier alpha value is -1.39. The highest BCUT2D eigenvalue weighted by Gasteiger charge is 2.24. The largest absolute Gasteiger partial charge is 0.441 e. The van der Waals surface area contributed by atoms with Crippen LogP contribution in [0.2, 0.25) is 0 Å². The van der Waals surface area contributed by atoms with E-state index < -0.39 is 0 Å². The number of nitrogens with zero attached hydrogens (tertiary/aromatic N) is 1. The molecule has 1 aliphatic heterocycles. The summed E-state index contributed by atoms with van der Waals surface area (Å²) >= 11 is 0. The first kappa shape index (κ1) is 10.7. The number of rotatable bonds is 3. The predicted molar refractivity (Wildman–Crippen MR) is 64.7 cm³/mol. The van der Waals surface area contributed by atoms with E-state index in [0.717, 1.165) is 30.5 Å². The van der Waals surface area contributed by atoms with Crippen molar-refractivity contribution in [1.82, 2.24) is 4.98 Å². The Labute approximate surface area is 99.8 Å². The van der Waals surface area contributed by atoms with E-state index >= 15 is 0 Å². The second-order valence-electron chi connectivity index (χ2n) is 4.49. The highest BCUT2D eigenvalue weighted by molar-refractivity contribution is 5.72. The number of para-hydroxylation sites is 2. The van der Waals surface area contributed by atoms with Crippen LogP contribution in [0.1, 0.15) is 18.7 Å². The molecule has 4 heteroatoms. The Balaban J connectivity index is 1.75. The molecule has 0 aliphatic carbocycles. The molecule has 0 bridgehead atoms. The van der Waals surface area contributed by atoms with Crippen molar-refractivity contribution in [2.24, 2.45) is 5.73 Å². The summed E-state index contributed by atoms with van der Waals surface area (Å²) in [6.45, 7) is 0.825. The Kier molecular flexibility index (Phi) is 2.82. The zero-order valence-electron chi connectivity index (χ0n) is 9.63. The summed E-state index contributed by atoms with van der Waals surface area (Å²) in [5.74, 6) is 0.703. The number of fused-ring (bicyclic) bond motifs is 1. The van der Waals surface area contributed by atoms with Gasteiger partial charge in [0, 0.05) is 19.1 Å². The zero-order valence-corrected chi connectivity index (χ0v) is 9.63. The summed E-state index contributed by atoms with van der Waals surface area (Å²) < 4.78 is 11.2. The maximum Gasteiger partial charge on any atom is 0.197 e. The van der Waals surface area contributed by atoms with Crippen LogP contribution in [-0.2, 0) is 11.2 Å². The number of hydrogen-bond donors (Lipinski definition) is 1. The molecule has 3 rings (SSSR count). The lowest BCUT2D eigenvalue weighted by molar-refractivity contribution is 0.0882. The third kappa shape index (κ3) is 2.18. The third-order valence-corrected chi connectivity index (χ3v) is 3.19. The van der Waals surface area contributed by atoms with Crippen LogP contribution in [0.25, 0.3) is 11.1 Å².